The Morgan fingerprint density at radius 1 is 1.15 bits per heavy atom. The van der Waals surface area contributed by atoms with Crippen molar-refractivity contribution < 1.29 is 0 Å². The van der Waals surface area contributed by atoms with Gasteiger partial charge in [0.15, 0.2) is 0 Å². The van der Waals surface area contributed by atoms with Crippen LogP contribution in [0.25, 0.3) is 0 Å². The van der Waals surface area contributed by atoms with Crippen molar-refractivity contribution in [3.63, 3.8) is 0 Å². The predicted molar refractivity (Wildman–Crippen MR) is 90.2 cm³/mol. The fraction of sp³-hybridized carbons (Fsp3) is 0.294. The van der Waals surface area contributed by atoms with Crippen molar-refractivity contribution in [2.75, 3.05) is 18.5 Å². The van der Waals surface area contributed by atoms with E-state index in [1.807, 2.05) is 6.92 Å². The SMILES string of the molecule is CC(N)c1ccc(N(C)CCc2ccccc2)c(Br)c1. The largest absolute Gasteiger partial charge is 0.373 e. The molecule has 0 saturated carbocycles. The first kappa shape index (κ1) is 15.1. The smallest absolute Gasteiger partial charge is 0.0508 e. The lowest BCUT2D eigenvalue weighted by Gasteiger charge is -2.22. The van der Waals surface area contributed by atoms with Crippen molar-refractivity contribution in [1.82, 2.24) is 0 Å². The Morgan fingerprint density at radius 2 is 1.85 bits per heavy atom. The molecule has 3 heteroatoms. The van der Waals surface area contributed by atoms with Crippen LogP contribution in [0.2, 0.25) is 0 Å². The van der Waals surface area contributed by atoms with Gasteiger partial charge in [0, 0.05) is 24.1 Å². The molecule has 20 heavy (non-hydrogen) atoms. The van der Waals surface area contributed by atoms with Crippen molar-refractivity contribution in [2.24, 2.45) is 5.73 Å². The highest BCUT2D eigenvalue weighted by Gasteiger charge is 2.08. The van der Waals surface area contributed by atoms with Gasteiger partial charge in [-0.25, -0.2) is 0 Å². The Labute approximate surface area is 129 Å². The Kier molecular flexibility index (Phi) is 5.21. The zero-order valence-electron chi connectivity index (χ0n) is 12.0. The van der Waals surface area contributed by atoms with E-state index in [-0.39, 0.29) is 6.04 Å². The second-order valence-corrected chi connectivity index (χ2v) is 6.01. The number of nitrogens with zero attached hydrogens (tertiary/aromatic N) is 1. The number of halogens is 1. The summed E-state index contributed by atoms with van der Waals surface area (Å²) in [5.74, 6) is 0. The van der Waals surface area contributed by atoms with Gasteiger partial charge in [-0.2, -0.15) is 0 Å². The maximum absolute atomic E-state index is 5.91. The lowest BCUT2D eigenvalue weighted by atomic mass is 10.1. The van der Waals surface area contributed by atoms with Crippen molar-refractivity contribution in [1.29, 1.82) is 0 Å². The summed E-state index contributed by atoms with van der Waals surface area (Å²) in [5, 5.41) is 0. The minimum atomic E-state index is 0.0648. The highest BCUT2D eigenvalue weighted by Crippen LogP contribution is 2.28. The molecular formula is C17H21BrN2. The first-order valence-electron chi connectivity index (χ1n) is 6.88. The molecule has 0 aromatic heterocycles. The second kappa shape index (κ2) is 6.91. The van der Waals surface area contributed by atoms with Crippen LogP contribution in [0.4, 0.5) is 5.69 Å². The Hall–Kier alpha value is -1.32. The first-order chi connectivity index (χ1) is 9.58. The summed E-state index contributed by atoms with van der Waals surface area (Å²) in [6.07, 6.45) is 1.04. The van der Waals surface area contributed by atoms with Gasteiger partial charge in [-0.05, 0) is 52.5 Å². The lowest BCUT2D eigenvalue weighted by Crippen LogP contribution is -2.21. The zero-order valence-corrected chi connectivity index (χ0v) is 13.6. The topological polar surface area (TPSA) is 29.3 Å². The maximum atomic E-state index is 5.91. The van der Waals surface area contributed by atoms with Crippen LogP contribution in [-0.2, 0) is 6.42 Å². The number of nitrogens with two attached hydrogens (primary N) is 1. The molecule has 0 spiro atoms. The molecule has 0 saturated heterocycles. The van der Waals surface area contributed by atoms with Crippen LogP contribution in [0.3, 0.4) is 0 Å². The molecule has 2 N–H and O–H groups in total. The van der Waals surface area contributed by atoms with Crippen LogP contribution in [0, 0.1) is 0 Å². The summed E-state index contributed by atoms with van der Waals surface area (Å²) in [6, 6.07) is 17.0. The van der Waals surface area contributed by atoms with Gasteiger partial charge in [0.2, 0.25) is 0 Å². The number of likely N-dealkylation sites (N-methyl/N-ethyl adjacent to an activating group) is 1. The van der Waals surface area contributed by atoms with Crippen LogP contribution in [0.1, 0.15) is 24.1 Å². The van der Waals surface area contributed by atoms with Gasteiger partial charge in [-0.15, -0.1) is 0 Å². The van der Waals surface area contributed by atoms with E-state index in [1.54, 1.807) is 0 Å². The number of anilines is 1. The van der Waals surface area contributed by atoms with Crippen LogP contribution in [-0.4, -0.2) is 13.6 Å². The van der Waals surface area contributed by atoms with Crippen molar-refractivity contribution >= 4 is 21.6 Å². The van der Waals surface area contributed by atoms with E-state index in [9.17, 15) is 0 Å². The van der Waals surface area contributed by atoms with Crippen LogP contribution in [0.15, 0.2) is 53.0 Å². The Morgan fingerprint density at radius 3 is 2.45 bits per heavy atom. The molecule has 0 amide bonds. The minimum Gasteiger partial charge on any atom is -0.373 e. The summed E-state index contributed by atoms with van der Waals surface area (Å²) in [7, 11) is 2.12. The quantitative estimate of drug-likeness (QED) is 0.891. The summed E-state index contributed by atoms with van der Waals surface area (Å²) in [6.45, 7) is 2.99. The predicted octanol–water partition coefficient (Wildman–Crippen LogP) is 4.15. The van der Waals surface area contributed by atoms with Gasteiger partial charge in [-0.1, -0.05) is 36.4 Å². The molecule has 2 aromatic rings. The lowest BCUT2D eigenvalue weighted by molar-refractivity contribution is 0.815. The van der Waals surface area contributed by atoms with Gasteiger partial charge in [0.1, 0.15) is 0 Å². The molecule has 0 bridgehead atoms. The van der Waals surface area contributed by atoms with E-state index >= 15 is 0 Å². The molecule has 0 heterocycles. The molecule has 0 aliphatic heterocycles. The zero-order chi connectivity index (χ0) is 14.5. The molecule has 1 atom stereocenters. The summed E-state index contributed by atoms with van der Waals surface area (Å²) >= 11 is 3.65. The summed E-state index contributed by atoms with van der Waals surface area (Å²) in [4.78, 5) is 2.27. The molecule has 106 valence electrons. The number of hydrogen-bond donors (Lipinski definition) is 1. The third kappa shape index (κ3) is 3.84. The van der Waals surface area contributed by atoms with E-state index in [2.05, 4.69) is 76.4 Å². The molecular weight excluding hydrogens is 312 g/mol. The van der Waals surface area contributed by atoms with Gasteiger partial charge in [0.25, 0.3) is 0 Å². The normalized spacial score (nSPS) is 12.2. The second-order valence-electron chi connectivity index (χ2n) is 5.16. The van der Waals surface area contributed by atoms with E-state index in [0.29, 0.717) is 0 Å². The van der Waals surface area contributed by atoms with Crippen LogP contribution >= 0.6 is 15.9 Å². The monoisotopic (exact) mass is 332 g/mol. The minimum absolute atomic E-state index is 0.0648. The molecule has 0 aliphatic carbocycles. The van der Waals surface area contributed by atoms with Crippen molar-refractivity contribution in [3.05, 3.63) is 64.1 Å². The summed E-state index contributed by atoms with van der Waals surface area (Å²) < 4.78 is 1.10. The van der Waals surface area contributed by atoms with E-state index in [4.69, 9.17) is 5.73 Å². The molecule has 0 aliphatic rings. The average Bonchev–Trinajstić information content (AvgIpc) is 2.45. The number of hydrogen-bond acceptors (Lipinski definition) is 2. The number of rotatable bonds is 5. The summed E-state index contributed by atoms with van der Waals surface area (Å²) in [5.41, 5.74) is 9.62. The fourth-order valence-corrected chi connectivity index (χ4v) is 2.88. The molecule has 1 unspecified atom stereocenters. The standard InChI is InChI=1S/C17H21BrN2/c1-13(19)15-8-9-17(16(18)12-15)20(2)11-10-14-6-4-3-5-7-14/h3-9,12-13H,10-11,19H2,1-2H3. The molecule has 2 aromatic carbocycles. The molecule has 2 nitrogen and oxygen atoms in total. The van der Waals surface area contributed by atoms with Gasteiger partial charge in [-0.3, -0.25) is 0 Å². The number of benzene rings is 2. The van der Waals surface area contributed by atoms with Crippen LogP contribution < -0.4 is 10.6 Å². The van der Waals surface area contributed by atoms with Gasteiger partial charge >= 0.3 is 0 Å². The van der Waals surface area contributed by atoms with Crippen molar-refractivity contribution in [3.8, 4) is 0 Å². The van der Waals surface area contributed by atoms with E-state index in [1.165, 1.54) is 11.3 Å². The van der Waals surface area contributed by atoms with Gasteiger partial charge < -0.3 is 10.6 Å². The van der Waals surface area contributed by atoms with E-state index < -0.39 is 0 Å². The Balaban J connectivity index is 2.04. The van der Waals surface area contributed by atoms with Gasteiger partial charge in [0.05, 0.1) is 5.69 Å². The Bertz CT molecular complexity index is 552. The fourth-order valence-electron chi connectivity index (χ4n) is 2.18. The third-order valence-corrected chi connectivity index (χ3v) is 4.12. The van der Waals surface area contributed by atoms with E-state index in [0.717, 1.165) is 23.0 Å². The first-order valence-corrected chi connectivity index (χ1v) is 7.67. The molecule has 0 radical (unpaired) electrons. The third-order valence-electron chi connectivity index (χ3n) is 3.49. The average molecular weight is 333 g/mol. The highest BCUT2D eigenvalue weighted by molar-refractivity contribution is 9.10. The molecule has 2 rings (SSSR count). The highest BCUT2D eigenvalue weighted by atomic mass is 79.9. The van der Waals surface area contributed by atoms with Crippen LogP contribution in [0.5, 0.6) is 0 Å². The maximum Gasteiger partial charge on any atom is 0.0508 e. The molecule has 0 fully saturated rings. The van der Waals surface area contributed by atoms with Crippen molar-refractivity contribution in [2.45, 2.75) is 19.4 Å².